The SMILES string of the molecule is CCCCn1cc(N)c(-c2ccc(OC)cc2)n1. The van der Waals surface area contributed by atoms with Crippen molar-refractivity contribution in [3.63, 3.8) is 0 Å². The molecule has 0 aliphatic heterocycles. The van der Waals surface area contributed by atoms with Crippen LogP contribution in [0.3, 0.4) is 0 Å². The maximum atomic E-state index is 6.00. The molecule has 1 heterocycles. The van der Waals surface area contributed by atoms with Crippen LogP contribution in [0.2, 0.25) is 0 Å². The summed E-state index contributed by atoms with van der Waals surface area (Å²) in [5.74, 6) is 0.836. The lowest BCUT2D eigenvalue weighted by atomic mass is 10.1. The molecule has 0 saturated carbocycles. The van der Waals surface area contributed by atoms with E-state index in [2.05, 4.69) is 12.0 Å². The summed E-state index contributed by atoms with van der Waals surface area (Å²) in [5, 5.41) is 4.52. The van der Waals surface area contributed by atoms with Crippen LogP contribution in [0, 0.1) is 0 Å². The van der Waals surface area contributed by atoms with E-state index in [0.29, 0.717) is 0 Å². The Balaban J connectivity index is 2.23. The summed E-state index contributed by atoms with van der Waals surface area (Å²) in [6, 6.07) is 7.78. The lowest BCUT2D eigenvalue weighted by Crippen LogP contribution is -1.97. The Morgan fingerprint density at radius 3 is 2.61 bits per heavy atom. The van der Waals surface area contributed by atoms with Crippen molar-refractivity contribution < 1.29 is 4.74 Å². The predicted molar refractivity (Wildman–Crippen MR) is 73.5 cm³/mol. The zero-order valence-corrected chi connectivity index (χ0v) is 10.9. The molecule has 0 aliphatic carbocycles. The van der Waals surface area contributed by atoms with Crippen molar-refractivity contribution >= 4 is 5.69 Å². The predicted octanol–water partition coefficient (Wildman–Crippen LogP) is 2.94. The molecule has 2 N–H and O–H groups in total. The van der Waals surface area contributed by atoms with Gasteiger partial charge in [0, 0.05) is 18.3 Å². The Bertz CT molecular complexity index is 502. The Kier molecular flexibility index (Phi) is 3.87. The van der Waals surface area contributed by atoms with E-state index in [4.69, 9.17) is 10.5 Å². The number of hydrogen-bond donors (Lipinski definition) is 1. The zero-order valence-electron chi connectivity index (χ0n) is 10.9. The minimum atomic E-state index is 0.719. The van der Waals surface area contributed by atoms with Gasteiger partial charge in [0.15, 0.2) is 0 Å². The van der Waals surface area contributed by atoms with Crippen molar-refractivity contribution in [2.45, 2.75) is 26.3 Å². The highest BCUT2D eigenvalue weighted by atomic mass is 16.5. The molecule has 0 saturated heterocycles. The highest BCUT2D eigenvalue weighted by molar-refractivity contribution is 5.72. The van der Waals surface area contributed by atoms with Gasteiger partial charge in [-0.1, -0.05) is 13.3 Å². The summed E-state index contributed by atoms with van der Waals surface area (Å²) in [5.41, 5.74) is 8.58. The molecule has 0 unspecified atom stereocenters. The van der Waals surface area contributed by atoms with Crippen LogP contribution in [-0.2, 0) is 6.54 Å². The summed E-state index contributed by atoms with van der Waals surface area (Å²) >= 11 is 0. The van der Waals surface area contributed by atoms with E-state index in [9.17, 15) is 0 Å². The van der Waals surface area contributed by atoms with Gasteiger partial charge in [0.05, 0.1) is 12.8 Å². The molecule has 0 fully saturated rings. The fourth-order valence-corrected chi connectivity index (χ4v) is 1.84. The van der Waals surface area contributed by atoms with Gasteiger partial charge in [0.2, 0.25) is 0 Å². The van der Waals surface area contributed by atoms with Gasteiger partial charge in [-0.15, -0.1) is 0 Å². The number of aryl methyl sites for hydroxylation is 1. The third-order valence-corrected chi connectivity index (χ3v) is 2.89. The number of aromatic nitrogens is 2. The van der Waals surface area contributed by atoms with Crippen LogP contribution in [0.25, 0.3) is 11.3 Å². The fourth-order valence-electron chi connectivity index (χ4n) is 1.84. The molecule has 4 nitrogen and oxygen atoms in total. The van der Waals surface area contributed by atoms with Crippen molar-refractivity contribution in [2.24, 2.45) is 0 Å². The average Bonchev–Trinajstić information content (AvgIpc) is 2.78. The van der Waals surface area contributed by atoms with Crippen molar-refractivity contribution in [1.29, 1.82) is 0 Å². The molecule has 1 aromatic heterocycles. The maximum absolute atomic E-state index is 6.00. The number of nitrogens with two attached hydrogens (primary N) is 1. The van der Waals surface area contributed by atoms with Crippen LogP contribution in [0.4, 0.5) is 5.69 Å². The van der Waals surface area contributed by atoms with Gasteiger partial charge in [0.1, 0.15) is 11.4 Å². The average molecular weight is 245 g/mol. The summed E-state index contributed by atoms with van der Waals surface area (Å²) in [4.78, 5) is 0. The largest absolute Gasteiger partial charge is 0.497 e. The molecule has 0 amide bonds. The molecular formula is C14H19N3O. The molecule has 0 atom stereocenters. The second-order valence-corrected chi connectivity index (χ2v) is 4.28. The molecule has 18 heavy (non-hydrogen) atoms. The highest BCUT2D eigenvalue weighted by Gasteiger charge is 2.08. The molecule has 0 radical (unpaired) electrons. The van der Waals surface area contributed by atoms with Crippen molar-refractivity contribution in [2.75, 3.05) is 12.8 Å². The first kappa shape index (κ1) is 12.5. The standard InChI is InChI=1S/C14H19N3O/c1-3-4-9-17-10-13(15)14(16-17)11-5-7-12(18-2)8-6-11/h5-8,10H,3-4,9,15H2,1-2H3. The van der Waals surface area contributed by atoms with Gasteiger partial charge in [-0.3, -0.25) is 4.68 Å². The van der Waals surface area contributed by atoms with E-state index in [0.717, 1.165) is 42.1 Å². The van der Waals surface area contributed by atoms with E-state index in [1.165, 1.54) is 0 Å². The summed E-state index contributed by atoms with van der Waals surface area (Å²) in [7, 11) is 1.66. The minimum absolute atomic E-state index is 0.719. The van der Waals surface area contributed by atoms with Gasteiger partial charge in [-0.2, -0.15) is 5.10 Å². The zero-order chi connectivity index (χ0) is 13.0. The molecule has 0 aliphatic rings. The number of hydrogen-bond acceptors (Lipinski definition) is 3. The first-order chi connectivity index (χ1) is 8.74. The molecule has 2 rings (SSSR count). The molecule has 1 aromatic carbocycles. The van der Waals surface area contributed by atoms with E-state index >= 15 is 0 Å². The van der Waals surface area contributed by atoms with Crippen LogP contribution < -0.4 is 10.5 Å². The van der Waals surface area contributed by atoms with Gasteiger partial charge in [-0.25, -0.2) is 0 Å². The number of benzene rings is 1. The maximum Gasteiger partial charge on any atom is 0.118 e. The van der Waals surface area contributed by atoms with Gasteiger partial charge >= 0.3 is 0 Å². The van der Waals surface area contributed by atoms with E-state index in [1.54, 1.807) is 7.11 Å². The fraction of sp³-hybridized carbons (Fsp3) is 0.357. The number of nitrogens with zero attached hydrogens (tertiary/aromatic N) is 2. The van der Waals surface area contributed by atoms with Gasteiger partial charge in [-0.05, 0) is 30.7 Å². The molecule has 2 aromatic rings. The minimum Gasteiger partial charge on any atom is -0.497 e. The van der Waals surface area contributed by atoms with E-state index in [1.807, 2.05) is 35.1 Å². The lowest BCUT2D eigenvalue weighted by molar-refractivity contribution is 0.415. The number of rotatable bonds is 5. The number of unbranched alkanes of at least 4 members (excludes halogenated alkanes) is 1. The molecular weight excluding hydrogens is 226 g/mol. The first-order valence-electron chi connectivity index (χ1n) is 6.22. The van der Waals surface area contributed by atoms with E-state index in [-0.39, 0.29) is 0 Å². The van der Waals surface area contributed by atoms with E-state index < -0.39 is 0 Å². The van der Waals surface area contributed by atoms with Crippen LogP contribution in [0.1, 0.15) is 19.8 Å². The van der Waals surface area contributed by atoms with Crippen LogP contribution >= 0.6 is 0 Å². The number of methoxy groups -OCH3 is 1. The quantitative estimate of drug-likeness (QED) is 0.881. The third kappa shape index (κ3) is 2.64. The van der Waals surface area contributed by atoms with Crippen LogP contribution in [0.5, 0.6) is 5.75 Å². The number of ether oxygens (including phenoxy) is 1. The second kappa shape index (κ2) is 5.58. The smallest absolute Gasteiger partial charge is 0.118 e. The third-order valence-electron chi connectivity index (χ3n) is 2.89. The van der Waals surface area contributed by atoms with Gasteiger partial charge in [0.25, 0.3) is 0 Å². The van der Waals surface area contributed by atoms with Crippen LogP contribution in [-0.4, -0.2) is 16.9 Å². The summed E-state index contributed by atoms with van der Waals surface area (Å²) in [6.45, 7) is 3.08. The summed E-state index contributed by atoms with van der Waals surface area (Å²) < 4.78 is 7.05. The Morgan fingerprint density at radius 1 is 1.28 bits per heavy atom. The number of anilines is 1. The summed E-state index contributed by atoms with van der Waals surface area (Å²) in [6.07, 6.45) is 4.16. The number of nitrogen functional groups attached to an aromatic ring is 1. The van der Waals surface area contributed by atoms with Crippen molar-refractivity contribution in [1.82, 2.24) is 9.78 Å². The van der Waals surface area contributed by atoms with Gasteiger partial charge < -0.3 is 10.5 Å². The molecule has 0 spiro atoms. The molecule has 4 heteroatoms. The Hall–Kier alpha value is -1.97. The topological polar surface area (TPSA) is 53.1 Å². The first-order valence-corrected chi connectivity index (χ1v) is 6.22. The second-order valence-electron chi connectivity index (χ2n) is 4.28. The monoisotopic (exact) mass is 245 g/mol. The lowest BCUT2D eigenvalue weighted by Gasteiger charge is -2.02. The normalized spacial score (nSPS) is 10.6. The molecule has 0 bridgehead atoms. The van der Waals surface area contributed by atoms with Crippen molar-refractivity contribution in [3.05, 3.63) is 30.5 Å². The Morgan fingerprint density at radius 2 is 2.00 bits per heavy atom. The highest BCUT2D eigenvalue weighted by Crippen LogP contribution is 2.25. The van der Waals surface area contributed by atoms with Crippen molar-refractivity contribution in [3.8, 4) is 17.0 Å². The Labute approximate surface area is 107 Å². The molecule has 96 valence electrons. The van der Waals surface area contributed by atoms with Crippen LogP contribution in [0.15, 0.2) is 30.5 Å².